The van der Waals surface area contributed by atoms with E-state index in [9.17, 15) is 13.2 Å². The van der Waals surface area contributed by atoms with Crippen LogP contribution in [0.3, 0.4) is 0 Å². The monoisotopic (exact) mass is 343 g/mol. The van der Waals surface area contributed by atoms with Crippen LogP contribution in [-0.4, -0.2) is 43.8 Å². The zero-order valence-electron chi connectivity index (χ0n) is 13.3. The van der Waals surface area contributed by atoms with E-state index in [2.05, 4.69) is 6.07 Å². The summed E-state index contributed by atoms with van der Waals surface area (Å²) in [5.74, 6) is 0.0668. The zero-order chi connectivity index (χ0) is 16.2. The zero-order valence-corrected chi connectivity index (χ0v) is 15.0. The van der Waals surface area contributed by atoms with Gasteiger partial charge in [-0.15, -0.1) is 11.3 Å². The Morgan fingerprint density at radius 1 is 1.36 bits per heavy atom. The summed E-state index contributed by atoms with van der Waals surface area (Å²) in [5.41, 5.74) is 0. The van der Waals surface area contributed by atoms with E-state index in [4.69, 9.17) is 0 Å². The number of nitrogens with zero attached hydrogens (tertiary/aromatic N) is 1. The van der Waals surface area contributed by atoms with Crippen LogP contribution >= 0.6 is 11.3 Å². The lowest BCUT2D eigenvalue weighted by Gasteiger charge is -2.37. The molecular formula is C16H25NO3S2. The van der Waals surface area contributed by atoms with E-state index in [0.717, 1.165) is 32.1 Å². The normalized spacial score (nSPS) is 22.5. The predicted octanol–water partition coefficient (Wildman–Crippen LogP) is 2.89. The second-order valence-electron chi connectivity index (χ2n) is 6.16. The Balaban J connectivity index is 1.90. The van der Waals surface area contributed by atoms with Gasteiger partial charge in [0, 0.05) is 30.6 Å². The van der Waals surface area contributed by atoms with Gasteiger partial charge in [0.25, 0.3) is 0 Å². The van der Waals surface area contributed by atoms with Gasteiger partial charge in [0.15, 0.2) is 9.84 Å². The van der Waals surface area contributed by atoms with E-state index < -0.39 is 15.1 Å². The third-order valence-corrected chi connectivity index (χ3v) is 7.09. The SMILES string of the molecule is CN(C(=O)CCCc1cccs1)[C@@H]1CCCC[C@@H]1S(C)(=O)=O. The fourth-order valence-corrected chi connectivity index (χ4v) is 5.49. The minimum atomic E-state index is -3.10. The Bertz CT molecular complexity index is 581. The van der Waals surface area contributed by atoms with Gasteiger partial charge in [0.2, 0.25) is 5.91 Å². The van der Waals surface area contributed by atoms with Crippen LogP contribution in [0.25, 0.3) is 0 Å². The largest absolute Gasteiger partial charge is 0.341 e. The Kier molecular flexibility index (Phi) is 6.03. The summed E-state index contributed by atoms with van der Waals surface area (Å²) in [6.07, 6.45) is 6.93. The van der Waals surface area contributed by atoms with E-state index in [0.29, 0.717) is 12.8 Å². The molecule has 0 N–H and O–H groups in total. The van der Waals surface area contributed by atoms with Gasteiger partial charge in [-0.1, -0.05) is 18.9 Å². The summed E-state index contributed by atoms with van der Waals surface area (Å²) in [4.78, 5) is 15.4. The maximum atomic E-state index is 12.4. The molecule has 2 atom stereocenters. The maximum Gasteiger partial charge on any atom is 0.222 e. The van der Waals surface area contributed by atoms with E-state index in [-0.39, 0.29) is 11.9 Å². The lowest BCUT2D eigenvalue weighted by molar-refractivity contribution is -0.132. The number of hydrogen-bond acceptors (Lipinski definition) is 4. The molecule has 2 rings (SSSR count). The minimum Gasteiger partial charge on any atom is -0.341 e. The van der Waals surface area contributed by atoms with Gasteiger partial charge < -0.3 is 4.90 Å². The van der Waals surface area contributed by atoms with Gasteiger partial charge >= 0.3 is 0 Å². The molecule has 0 unspecified atom stereocenters. The number of thiophene rings is 1. The summed E-state index contributed by atoms with van der Waals surface area (Å²) < 4.78 is 23.9. The van der Waals surface area contributed by atoms with Crippen molar-refractivity contribution < 1.29 is 13.2 Å². The standard InChI is InChI=1S/C16H25NO3S2/c1-17(14-9-3-4-10-15(14)22(2,19)20)16(18)11-5-7-13-8-6-12-21-13/h6,8,12,14-15H,3-5,7,9-11H2,1-2H3/t14-,15+/m1/s1. The molecule has 1 amide bonds. The van der Waals surface area contributed by atoms with Crippen LogP contribution in [-0.2, 0) is 21.1 Å². The highest BCUT2D eigenvalue weighted by molar-refractivity contribution is 7.91. The van der Waals surface area contributed by atoms with Gasteiger partial charge in [-0.3, -0.25) is 4.79 Å². The van der Waals surface area contributed by atoms with Gasteiger partial charge in [0.05, 0.1) is 5.25 Å². The summed E-state index contributed by atoms with van der Waals surface area (Å²) in [6, 6.07) is 3.95. The second-order valence-corrected chi connectivity index (χ2v) is 9.45. The van der Waals surface area contributed by atoms with Gasteiger partial charge in [-0.2, -0.15) is 0 Å². The number of rotatable bonds is 6. The molecule has 6 heteroatoms. The Morgan fingerprint density at radius 3 is 2.73 bits per heavy atom. The first kappa shape index (κ1) is 17.5. The highest BCUT2D eigenvalue weighted by Gasteiger charge is 2.36. The van der Waals surface area contributed by atoms with Gasteiger partial charge in [-0.25, -0.2) is 8.42 Å². The number of amides is 1. The molecule has 0 saturated heterocycles. The molecule has 1 aliphatic carbocycles. The molecule has 1 fully saturated rings. The lowest BCUT2D eigenvalue weighted by atomic mass is 9.93. The highest BCUT2D eigenvalue weighted by atomic mass is 32.2. The van der Waals surface area contributed by atoms with Crippen LogP contribution in [0.4, 0.5) is 0 Å². The number of aryl methyl sites for hydroxylation is 1. The van der Waals surface area contributed by atoms with Crippen LogP contribution in [0.5, 0.6) is 0 Å². The van der Waals surface area contributed by atoms with Crippen molar-refractivity contribution in [3.8, 4) is 0 Å². The number of carbonyl (C=O) groups is 1. The topological polar surface area (TPSA) is 54.5 Å². The first-order valence-corrected chi connectivity index (χ1v) is 10.7. The second kappa shape index (κ2) is 7.59. The molecule has 0 spiro atoms. The maximum absolute atomic E-state index is 12.4. The average Bonchev–Trinajstić information content (AvgIpc) is 2.98. The molecule has 4 nitrogen and oxygen atoms in total. The van der Waals surface area contributed by atoms with E-state index in [1.165, 1.54) is 11.1 Å². The summed E-state index contributed by atoms with van der Waals surface area (Å²) in [5, 5.41) is 1.65. The van der Waals surface area contributed by atoms with Crippen LogP contribution in [0, 0.1) is 0 Å². The first-order chi connectivity index (χ1) is 10.4. The number of sulfone groups is 1. The smallest absolute Gasteiger partial charge is 0.222 e. The fourth-order valence-electron chi connectivity index (χ4n) is 3.25. The highest BCUT2D eigenvalue weighted by Crippen LogP contribution is 2.28. The number of carbonyl (C=O) groups excluding carboxylic acids is 1. The molecule has 0 bridgehead atoms. The van der Waals surface area contributed by atoms with Gasteiger partial charge in [-0.05, 0) is 37.1 Å². The summed E-state index contributed by atoms with van der Waals surface area (Å²) >= 11 is 1.71. The van der Waals surface area contributed by atoms with Crippen LogP contribution < -0.4 is 0 Å². The molecule has 22 heavy (non-hydrogen) atoms. The molecule has 0 radical (unpaired) electrons. The first-order valence-electron chi connectivity index (χ1n) is 7.86. The van der Waals surface area contributed by atoms with Crippen molar-refractivity contribution in [3.63, 3.8) is 0 Å². The van der Waals surface area contributed by atoms with Crippen molar-refractivity contribution in [1.29, 1.82) is 0 Å². The van der Waals surface area contributed by atoms with Crippen LogP contribution in [0.2, 0.25) is 0 Å². The molecular weight excluding hydrogens is 318 g/mol. The minimum absolute atomic E-state index is 0.0668. The third-order valence-electron chi connectivity index (χ3n) is 4.50. The van der Waals surface area contributed by atoms with Crippen molar-refractivity contribution in [2.45, 2.75) is 56.2 Å². The fraction of sp³-hybridized carbons (Fsp3) is 0.688. The Hall–Kier alpha value is -0.880. The van der Waals surface area contributed by atoms with Crippen molar-refractivity contribution in [3.05, 3.63) is 22.4 Å². The average molecular weight is 344 g/mol. The van der Waals surface area contributed by atoms with Crippen molar-refractivity contribution in [1.82, 2.24) is 4.90 Å². The third kappa shape index (κ3) is 4.56. The summed E-state index contributed by atoms with van der Waals surface area (Å²) in [7, 11) is -1.34. The van der Waals surface area contributed by atoms with Crippen molar-refractivity contribution >= 4 is 27.1 Å². The predicted molar refractivity (Wildman–Crippen MR) is 90.9 cm³/mol. The van der Waals surface area contributed by atoms with Crippen molar-refractivity contribution in [2.24, 2.45) is 0 Å². The Labute approximate surface area is 137 Å². The van der Waals surface area contributed by atoms with E-state index in [1.54, 1.807) is 23.3 Å². The van der Waals surface area contributed by atoms with Crippen LogP contribution in [0.15, 0.2) is 17.5 Å². The molecule has 1 aliphatic rings. The molecule has 0 aromatic carbocycles. The quantitative estimate of drug-likeness (QED) is 0.798. The summed E-state index contributed by atoms with van der Waals surface area (Å²) in [6.45, 7) is 0. The van der Waals surface area contributed by atoms with Crippen LogP contribution in [0.1, 0.15) is 43.4 Å². The molecule has 0 aliphatic heterocycles. The molecule has 124 valence electrons. The lowest BCUT2D eigenvalue weighted by Crippen LogP contribution is -2.49. The Morgan fingerprint density at radius 2 is 2.09 bits per heavy atom. The van der Waals surface area contributed by atoms with Crippen molar-refractivity contribution in [2.75, 3.05) is 13.3 Å². The van der Waals surface area contributed by atoms with Gasteiger partial charge in [0.1, 0.15) is 0 Å². The van der Waals surface area contributed by atoms with E-state index in [1.807, 2.05) is 11.4 Å². The molecule has 1 saturated carbocycles. The van der Waals surface area contributed by atoms with E-state index >= 15 is 0 Å². The number of hydrogen-bond donors (Lipinski definition) is 0. The molecule has 1 aromatic rings. The molecule has 1 heterocycles. The molecule has 1 aromatic heterocycles.